The number of aliphatic hydroxyl groups excluding tert-OH is 1. The molecule has 1 amide bonds. The molecule has 1 atom stereocenters. The van der Waals surface area contributed by atoms with E-state index in [0.29, 0.717) is 11.3 Å². The lowest BCUT2D eigenvalue weighted by atomic mass is 10.1. The van der Waals surface area contributed by atoms with Crippen LogP contribution in [0.1, 0.15) is 41.0 Å². The first-order valence-electron chi connectivity index (χ1n) is 6.51. The fourth-order valence-electron chi connectivity index (χ4n) is 1.93. The molecule has 0 aliphatic heterocycles. The van der Waals surface area contributed by atoms with Crippen molar-refractivity contribution in [1.29, 1.82) is 0 Å². The van der Waals surface area contributed by atoms with Gasteiger partial charge in [-0.2, -0.15) is 0 Å². The van der Waals surface area contributed by atoms with E-state index in [1.54, 1.807) is 24.5 Å². The molecule has 0 saturated heterocycles. The molecule has 2 heterocycles. The number of hydrogen-bond acceptors (Lipinski definition) is 4. The summed E-state index contributed by atoms with van der Waals surface area (Å²) in [7, 11) is 0. The minimum Gasteiger partial charge on any atom is -0.392 e. The molecule has 0 fully saturated rings. The normalized spacial score (nSPS) is 11.9. The molecule has 0 radical (unpaired) electrons. The molecule has 2 N–H and O–H groups in total. The van der Waals surface area contributed by atoms with Crippen LogP contribution >= 0.6 is 0 Å². The summed E-state index contributed by atoms with van der Waals surface area (Å²) in [6.45, 7) is 1.89. The Bertz CT molecular complexity index is 572. The highest BCUT2D eigenvalue weighted by Gasteiger charge is 2.15. The third-order valence-corrected chi connectivity index (χ3v) is 3.04. The number of amides is 1. The highest BCUT2D eigenvalue weighted by Crippen LogP contribution is 2.15. The van der Waals surface area contributed by atoms with Crippen molar-refractivity contribution < 1.29 is 9.90 Å². The van der Waals surface area contributed by atoms with E-state index in [2.05, 4.69) is 15.3 Å². The van der Waals surface area contributed by atoms with Crippen LogP contribution in [-0.4, -0.2) is 21.0 Å². The van der Waals surface area contributed by atoms with Crippen LogP contribution in [0.3, 0.4) is 0 Å². The number of pyridine rings is 2. The van der Waals surface area contributed by atoms with Crippen molar-refractivity contribution in [2.75, 3.05) is 0 Å². The average Bonchev–Trinajstić information content (AvgIpc) is 2.53. The molecular formula is C15H17N3O2. The number of nitrogens with one attached hydrogen (secondary N) is 1. The lowest BCUT2D eigenvalue weighted by molar-refractivity contribution is 0.0930. The Morgan fingerprint density at radius 3 is 2.90 bits per heavy atom. The summed E-state index contributed by atoms with van der Waals surface area (Å²) in [6.07, 6.45) is 5.72. The van der Waals surface area contributed by atoms with Crippen molar-refractivity contribution in [2.45, 2.75) is 26.0 Å². The summed E-state index contributed by atoms with van der Waals surface area (Å²) < 4.78 is 0. The summed E-state index contributed by atoms with van der Waals surface area (Å²) >= 11 is 0. The predicted octanol–water partition coefficient (Wildman–Crippen LogP) is 1.85. The number of nitrogens with zero attached hydrogens (tertiary/aromatic N) is 2. The van der Waals surface area contributed by atoms with Gasteiger partial charge in [-0.1, -0.05) is 13.0 Å². The third kappa shape index (κ3) is 3.39. The summed E-state index contributed by atoms with van der Waals surface area (Å²) in [4.78, 5) is 20.3. The van der Waals surface area contributed by atoms with Crippen molar-refractivity contribution >= 4 is 5.91 Å². The van der Waals surface area contributed by atoms with E-state index in [-0.39, 0.29) is 18.6 Å². The van der Waals surface area contributed by atoms with Crippen LogP contribution in [0.5, 0.6) is 0 Å². The molecule has 2 aromatic heterocycles. The SMILES string of the molecule is CC[C@@H](NC(=O)c1cc(CO)ccn1)c1cccnc1. The second-order valence-electron chi connectivity index (χ2n) is 4.43. The average molecular weight is 271 g/mol. The fraction of sp³-hybridized carbons (Fsp3) is 0.267. The van der Waals surface area contributed by atoms with Gasteiger partial charge in [0, 0.05) is 18.6 Å². The first-order chi connectivity index (χ1) is 9.74. The zero-order valence-electron chi connectivity index (χ0n) is 11.3. The van der Waals surface area contributed by atoms with Gasteiger partial charge >= 0.3 is 0 Å². The summed E-state index contributed by atoms with van der Waals surface area (Å²) in [6, 6.07) is 6.93. The Morgan fingerprint density at radius 2 is 2.25 bits per heavy atom. The van der Waals surface area contributed by atoms with Crippen molar-refractivity contribution in [3.05, 3.63) is 59.7 Å². The zero-order valence-corrected chi connectivity index (χ0v) is 11.3. The lowest BCUT2D eigenvalue weighted by Crippen LogP contribution is -2.29. The van der Waals surface area contributed by atoms with Crippen LogP contribution in [0.15, 0.2) is 42.9 Å². The Kier molecular flexibility index (Phi) is 4.79. The Morgan fingerprint density at radius 1 is 1.40 bits per heavy atom. The van der Waals surface area contributed by atoms with Gasteiger partial charge in [-0.3, -0.25) is 14.8 Å². The second kappa shape index (κ2) is 6.77. The monoisotopic (exact) mass is 271 g/mol. The van der Waals surface area contributed by atoms with Crippen molar-refractivity contribution in [3.63, 3.8) is 0 Å². The molecule has 2 aromatic rings. The lowest BCUT2D eigenvalue weighted by Gasteiger charge is -2.16. The van der Waals surface area contributed by atoms with Gasteiger partial charge < -0.3 is 10.4 Å². The molecule has 104 valence electrons. The van der Waals surface area contributed by atoms with Crippen LogP contribution in [0.2, 0.25) is 0 Å². The molecule has 0 aliphatic carbocycles. The molecular weight excluding hydrogens is 254 g/mol. The number of aliphatic hydroxyl groups is 1. The first kappa shape index (κ1) is 14.1. The number of carbonyl (C=O) groups excluding carboxylic acids is 1. The molecule has 0 aliphatic rings. The highest BCUT2D eigenvalue weighted by atomic mass is 16.3. The van der Waals surface area contributed by atoms with E-state index in [1.807, 2.05) is 19.1 Å². The largest absolute Gasteiger partial charge is 0.392 e. The van der Waals surface area contributed by atoms with Crippen molar-refractivity contribution in [3.8, 4) is 0 Å². The molecule has 0 unspecified atom stereocenters. The van der Waals surface area contributed by atoms with Gasteiger partial charge in [-0.05, 0) is 35.7 Å². The van der Waals surface area contributed by atoms with E-state index in [1.165, 1.54) is 6.20 Å². The van der Waals surface area contributed by atoms with E-state index in [9.17, 15) is 4.79 Å². The smallest absolute Gasteiger partial charge is 0.270 e. The van der Waals surface area contributed by atoms with Gasteiger partial charge in [0.05, 0.1) is 12.6 Å². The molecule has 0 bridgehead atoms. The van der Waals surface area contributed by atoms with Crippen LogP contribution < -0.4 is 5.32 Å². The van der Waals surface area contributed by atoms with Crippen LogP contribution in [0, 0.1) is 0 Å². The molecule has 2 rings (SSSR count). The minimum absolute atomic E-state index is 0.101. The maximum Gasteiger partial charge on any atom is 0.270 e. The number of carbonyl (C=O) groups is 1. The number of hydrogen-bond donors (Lipinski definition) is 2. The quantitative estimate of drug-likeness (QED) is 0.870. The predicted molar refractivity (Wildman–Crippen MR) is 74.9 cm³/mol. The summed E-state index contributed by atoms with van der Waals surface area (Å²) in [5.74, 6) is -0.254. The summed E-state index contributed by atoms with van der Waals surface area (Å²) in [5, 5.41) is 12.0. The van der Waals surface area contributed by atoms with Crippen molar-refractivity contribution in [2.24, 2.45) is 0 Å². The fourth-order valence-corrected chi connectivity index (χ4v) is 1.93. The van der Waals surface area contributed by atoms with Gasteiger partial charge in [-0.25, -0.2) is 0 Å². The zero-order chi connectivity index (χ0) is 14.4. The molecule has 5 nitrogen and oxygen atoms in total. The van der Waals surface area contributed by atoms with Gasteiger partial charge in [0.15, 0.2) is 0 Å². The topological polar surface area (TPSA) is 75.1 Å². The van der Waals surface area contributed by atoms with E-state index in [0.717, 1.165) is 12.0 Å². The first-order valence-corrected chi connectivity index (χ1v) is 6.51. The molecule has 0 spiro atoms. The maximum atomic E-state index is 12.2. The Labute approximate surface area is 117 Å². The van der Waals surface area contributed by atoms with E-state index >= 15 is 0 Å². The second-order valence-corrected chi connectivity index (χ2v) is 4.43. The number of aromatic nitrogens is 2. The van der Waals surface area contributed by atoms with Gasteiger partial charge in [0.1, 0.15) is 5.69 Å². The summed E-state index contributed by atoms with van der Waals surface area (Å²) in [5.41, 5.74) is 1.93. The van der Waals surface area contributed by atoms with Crippen LogP contribution in [0.25, 0.3) is 0 Å². The van der Waals surface area contributed by atoms with Crippen LogP contribution in [-0.2, 0) is 6.61 Å². The van der Waals surface area contributed by atoms with Gasteiger partial charge in [0.25, 0.3) is 5.91 Å². The van der Waals surface area contributed by atoms with Crippen molar-refractivity contribution in [1.82, 2.24) is 15.3 Å². The van der Waals surface area contributed by atoms with Gasteiger partial charge in [0.2, 0.25) is 0 Å². The van der Waals surface area contributed by atoms with Crippen LogP contribution in [0.4, 0.5) is 0 Å². The minimum atomic E-state index is -0.254. The highest BCUT2D eigenvalue weighted by molar-refractivity contribution is 5.92. The number of rotatable bonds is 5. The van der Waals surface area contributed by atoms with E-state index < -0.39 is 0 Å². The van der Waals surface area contributed by atoms with Gasteiger partial charge in [-0.15, -0.1) is 0 Å². The molecule has 0 aromatic carbocycles. The standard InChI is InChI=1S/C15H17N3O2/c1-2-13(12-4-3-6-16-9-12)18-15(20)14-8-11(10-19)5-7-17-14/h3-9,13,19H,2,10H2,1H3,(H,18,20)/t13-/m1/s1. The Balaban J connectivity index is 2.13. The van der Waals surface area contributed by atoms with E-state index in [4.69, 9.17) is 5.11 Å². The maximum absolute atomic E-state index is 12.2. The Hall–Kier alpha value is -2.27. The third-order valence-electron chi connectivity index (χ3n) is 3.04. The molecule has 20 heavy (non-hydrogen) atoms. The molecule has 0 saturated carbocycles. The molecule has 5 heteroatoms.